The van der Waals surface area contributed by atoms with Crippen molar-refractivity contribution >= 4 is 22.9 Å². The Hall–Kier alpha value is -4.20. The van der Waals surface area contributed by atoms with Gasteiger partial charge in [0.15, 0.2) is 0 Å². The summed E-state index contributed by atoms with van der Waals surface area (Å²) < 4.78 is 32.1. The maximum atomic E-state index is 13.9. The van der Waals surface area contributed by atoms with E-state index in [0.717, 1.165) is 34.2 Å². The average molecular weight is 478 g/mol. The number of benzene rings is 3. The van der Waals surface area contributed by atoms with Crippen LogP contribution in [0.1, 0.15) is 29.7 Å². The number of carbonyl (C=O) groups excluding carboxylic acids is 2. The van der Waals surface area contributed by atoms with Crippen LogP contribution in [0.2, 0.25) is 0 Å². The predicted octanol–water partition coefficient (Wildman–Crippen LogP) is 5.16. The third-order valence-electron chi connectivity index (χ3n) is 5.74. The van der Waals surface area contributed by atoms with E-state index in [-0.39, 0.29) is 18.0 Å². The third kappa shape index (κ3) is 6.03. The Bertz CT molecular complexity index is 1320. The summed E-state index contributed by atoms with van der Waals surface area (Å²) in [7, 11) is 0. The fourth-order valence-electron chi connectivity index (χ4n) is 3.83. The molecule has 2 amide bonds. The number of alkyl carbamates (subject to hydrolysis) is 1. The second kappa shape index (κ2) is 10.8. The first-order valence-corrected chi connectivity index (χ1v) is 11.2. The summed E-state index contributed by atoms with van der Waals surface area (Å²) in [5.74, 6) is -1.93. The lowest BCUT2D eigenvalue weighted by Crippen LogP contribution is -2.48. The maximum Gasteiger partial charge on any atom is 0.408 e. The summed E-state index contributed by atoms with van der Waals surface area (Å²) in [6, 6.07) is 18.9. The number of fused-ring (bicyclic) bond motifs is 1. The monoisotopic (exact) mass is 477 g/mol. The Morgan fingerprint density at radius 2 is 1.69 bits per heavy atom. The van der Waals surface area contributed by atoms with E-state index in [1.54, 1.807) is 6.20 Å². The first-order chi connectivity index (χ1) is 16.9. The largest absolute Gasteiger partial charge is 0.445 e. The van der Waals surface area contributed by atoms with Gasteiger partial charge >= 0.3 is 6.09 Å². The fraction of sp³-hybridized carbons (Fsp3) is 0.185. The predicted molar refractivity (Wildman–Crippen MR) is 128 cm³/mol. The van der Waals surface area contributed by atoms with Crippen molar-refractivity contribution in [2.75, 3.05) is 0 Å². The SMILES string of the molecule is C[C@H](NC(=O)[C@@H](Cc1c[nH]c2ccccc12)NC(=O)OCc1ccc(F)cc1F)c1ccccc1. The lowest BCUT2D eigenvalue weighted by molar-refractivity contribution is -0.123. The Morgan fingerprint density at radius 1 is 0.943 bits per heavy atom. The molecule has 1 aromatic heterocycles. The van der Waals surface area contributed by atoms with E-state index in [9.17, 15) is 18.4 Å². The zero-order valence-electron chi connectivity index (χ0n) is 19.1. The lowest BCUT2D eigenvalue weighted by atomic mass is 10.0. The molecule has 4 rings (SSSR count). The van der Waals surface area contributed by atoms with Gasteiger partial charge in [-0.05, 0) is 36.2 Å². The number of hydrogen-bond donors (Lipinski definition) is 3. The fourth-order valence-corrected chi connectivity index (χ4v) is 3.83. The van der Waals surface area contributed by atoms with Crippen LogP contribution < -0.4 is 10.6 Å². The van der Waals surface area contributed by atoms with Gasteiger partial charge in [-0.1, -0.05) is 48.5 Å². The first kappa shape index (κ1) is 23.9. The van der Waals surface area contributed by atoms with E-state index in [4.69, 9.17) is 4.74 Å². The van der Waals surface area contributed by atoms with Gasteiger partial charge in [-0.15, -0.1) is 0 Å². The van der Waals surface area contributed by atoms with E-state index < -0.39 is 36.3 Å². The van der Waals surface area contributed by atoms with Crippen molar-refractivity contribution in [1.82, 2.24) is 15.6 Å². The van der Waals surface area contributed by atoms with Gasteiger partial charge in [-0.3, -0.25) is 4.79 Å². The number of halogens is 2. The molecule has 3 N–H and O–H groups in total. The molecular formula is C27H25F2N3O3. The molecule has 0 bridgehead atoms. The molecule has 6 nitrogen and oxygen atoms in total. The molecule has 3 aromatic carbocycles. The van der Waals surface area contributed by atoms with Crippen LogP contribution >= 0.6 is 0 Å². The van der Waals surface area contributed by atoms with Crippen molar-refractivity contribution in [2.24, 2.45) is 0 Å². The molecule has 0 aliphatic rings. The molecule has 0 aliphatic heterocycles. The molecule has 0 fully saturated rings. The number of aromatic amines is 1. The molecule has 180 valence electrons. The average Bonchev–Trinajstić information content (AvgIpc) is 3.26. The van der Waals surface area contributed by atoms with Crippen LogP contribution in [0.5, 0.6) is 0 Å². The summed E-state index contributed by atoms with van der Waals surface area (Å²) in [6.45, 7) is 1.45. The van der Waals surface area contributed by atoms with Crippen LogP contribution in [0.4, 0.5) is 13.6 Å². The first-order valence-electron chi connectivity index (χ1n) is 11.2. The molecule has 0 aliphatic carbocycles. The minimum atomic E-state index is -0.953. The molecule has 8 heteroatoms. The Labute approximate surface area is 201 Å². The highest BCUT2D eigenvalue weighted by Crippen LogP contribution is 2.20. The summed E-state index contributed by atoms with van der Waals surface area (Å²) in [5.41, 5.74) is 2.70. The molecule has 1 heterocycles. The zero-order chi connectivity index (χ0) is 24.8. The van der Waals surface area contributed by atoms with Gasteiger partial charge in [-0.2, -0.15) is 0 Å². The van der Waals surface area contributed by atoms with E-state index in [1.807, 2.05) is 61.5 Å². The van der Waals surface area contributed by atoms with Crippen LogP contribution in [0.25, 0.3) is 10.9 Å². The lowest BCUT2D eigenvalue weighted by Gasteiger charge is -2.21. The van der Waals surface area contributed by atoms with Crippen molar-refractivity contribution in [2.45, 2.75) is 32.0 Å². The quantitative estimate of drug-likeness (QED) is 0.328. The van der Waals surface area contributed by atoms with Crippen molar-refractivity contribution in [3.8, 4) is 0 Å². The van der Waals surface area contributed by atoms with Crippen LogP contribution in [-0.4, -0.2) is 23.0 Å². The molecule has 35 heavy (non-hydrogen) atoms. The van der Waals surface area contributed by atoms with Crippen molar-refractivity contribution in [1.29, 1.82) is 0 Å². The maximum absolute atomic E-state index is 13.9. The van der Waals surface area contributed by atoms with Crippen LogP contribution in [0.3, 0.4) is 0 Å². The number of amides is 2. The minimum absolute atomic E-state index is 0.0249. The van der Waals surface area contributed by atoms with E-state index in [2.05, 4.69) is 15.6 Å². The number of hydrogen-bond acceptors (Lipinski definition) is 3. The number of H-pyrrole nitrogens is 1. The van der Waals surface area contributed by atoms with Gasteiger partial charge in [0.05, 0.1) is 6.04 Å². The molecule has 0 saturated heterocycles. The third-order valence-corrected chi connectivity index (χ3v) is 5.74. The van der Waals surface area contributed by atoms with Gasteiger partial charge in [0.25, 0.3) is 0 Å². The highest BCUT2D eigenvalue weighted by molar-refractivity contribution is 5.88. The van der Waals surface area contributed by atoms with Gasteiger partial charge in [0, 0.05) is 35.2 Å². The van der Waals surface area contributed by atoms with E-state index in [0.29, 0.717) is 0 Å². The summed E-state index contributed by atoms with van der Waals surface area (Å²) in [6.07, 6.45) is 1.12. The van der Waals surface area contributed by atoms with Gasteiger partial charge < -0.3 is 20.4 Å². The minimum Gasteiger partial charge on any atom is -0.445 e. The summed E-state index contributed by atoms with van der Waals surface area (Å²) >= 11 is 0. The number of rotatable bonds is 8. The number of carbonyl (C=O) groups is 2. The smallest absolute Gasteiger partial charge is 0.408 e. The normalized spacial score (nSPS) is 12.7. The van der Waals surface area contributed by atoms with Gasteiger partial charge in [-0.25, -0.2) is 13.6 Å². The molecule has 0 saturated carbocycles. The van der Waals surface area contributed by atoms with Crippen LogP contribution in [0, 0.1) is 11.6 Å². The topological polar surface area (TPSA) is 83.2 Å². The summed E-state index contributed by atoms with van der Waals surface area (Å²) in [5, 5.41) is 6.46. The Balaban J connectivity index is 1.48. The Kier molecular flexibility index (Phi) is 7.40. The highest BCUT2D eigenvalue weighted by atomic mass is 19.1. The second-order valence-electron chi connectivity index (χ2n) is 8.21. The summed E-state index contributed by atoms with van der Waals surface area (Å²) in [4.78, 5) is 28.9. The van der Waals surface area contributed by atoms with Crippen molar-refractivity contribution in [3.05, 3.63) is 107 Å². The van der Waals surface area contributed by atoms with Crippen molar-refractivity contribution < 1.29 is 23.1 Å². The molecule has 0 unspecified atom stereocenters. The molecular weight excluding hydrogens is 452 g/mol. The van der Waals surface area contributed by atoms with Crippen LogP contribution in [-0.2, 0) is 22.6 Å². The number of nitrogens with one attached hydrogen (secondary N) is 3. The van der Waals surface area contributed by atoms with E-state index >= 15 is 0 Å². The number of para-hydroxylation sites is 1. The molecule has 2 atom stereocenters. The zero-order valence-corrected chi connectivity index (χ0v) is 19.1. The molecule has 0 spiro atoms. The Morgan fingerprint density at radius 3 is 2.46 bits per heavy atom. The molecule has 4 aromatic rings. The number of ether oxygens (including phenoxy) is 1. The van der Waals surface area contributed by atoms with Gasteiger partial charge in [0.1, 0.15) is 24.3 Å². The molecule has 0 radical (unpaired) electrons. The van der Waals surface area contributed by atoms with E-state index in [1.165, 1.54) is 6.07 Å². The second-order valence-corrected chi connectivity index (χ2v) is 8.21. The standard InChI is InChI=1S/C27H25F2N3O3/c1-17(18-7-3-2-4-8-18)31-26(33)25(13-20-15-30-24-10-6-5-9-22(20)24)32-27(34)35-16-19-11-12-21(28)14-23(19)29/h2-12,14-15,17,25,30H,13,16H2,1H3,(H,31,33)(H,32,34)/t17-,25+/m0/s1. The number of aromatic nitrogens is 1. The van der Waals surface area contributed by atoms with Crippen molar-refractivity contribution in [3.63, 3.8) is 0 Å². The van der Waals surface area contributed by atoms with Gasteiger partial charge in [0.2, 0.25) is 5.91 Å². The highest BCUT2D eigenvalue weighted by Gasteiger charge is 2.25. The van der Waals surface area contributed by atoms with Crippen LogP contribution in [0.15, 0.2) is 79.0 Å².